The third-order valence-electron chi connectivity index (χ3n) is 3.51. The summed E-state index contributed by atoms with van der Waals surface area (Å²) in [5.74, 6) is -0.203. The lowest BCUT2D eigenvalue weighted by molar-refractivity contribution is 0.316. The monoisotopic (exact) mass is 314 g/mol. The van der Waals surface area contributed by atoms with Gasteiger partial charge in [-0.25, -0.2) is 4.39 Å². The molecule has 4 heteroatoms. The number of likely N-dealkylation sites (N-methyl/N-ethyl adjacent to an activating group) is 1. The minimum absolute atomic E-state index is 0.203. The van der Waals surface area contributed by atoms with Crippen molar-refractivity contribution in [1.29, 1.82) is 0 Å². The zero-order valence-electron chi connectivity index (χ0n) is 10.9. The summed E-state index contributed by atoms with van der Waals surface area (Å²) in [4.78, 5) is 2.40. The van der Waals surface area contributed by atoms with Crippen molar-refractivity contribution in [3.05, 3.63) is 34.1 Å². The van der Waals surface area contributed by atoms with E-state index < -0.39 is 0 Å². The van der Waals surface area contributed by atoms with Gasteiger partial charge in [0, 0.05) is 29.6 Å². The highest BCUT2D eigenvalue weighted by atomic mass is 79.9. The Labute approximate surface area is 117 Å². The summed E-state index contributed by atoms with van der Waals surface area (Å²) in [5, 5.41) is 3.48. The first-order valence-electron chi connectivity index (χ1n) is 6.46. The maximum atomic E-state index is 13.0. The lowest BCUT2D eigenvalue weighted by atomic mass is 10.1. The van der Waals surface area contributed by atoms with Crippen LogP contribution in [0.3, 0.4) is 0 Å². The molecule has 1 aliphatic rings. The average Bonchev–Trinajstić information content (AvgIpc) is 3.12. The largest absolute Gasteiger partial charge is 0.309 e. The van der Waals surface area contributed by atoms with Gasteiger partial charge >= 0.3 is 0 Å². The Balaban J connectivity index is 1.81. The summed E-state index contributed by atoms with van der Waals surface area (Å²) >= 11 is 3.41. The topological polar surface area (TPSA) is 15.3 Å². The van der Waals surface area contributed by atoms with Gasteiger partial charge in [0.15, 0.2) is 0 Å². The minimum atomic E-state index is -0.203. The van der Waals surface area contributed by atoms with E-state index in [-0.39, 0.29) is 11.9 Å². The number of nitrogens with one attached hydrogen (secondary N) is 1. The van der Waals surface area contributed by atoms with Crippen molar-refractivity contribution in [2.45, 2.75) is 31.8 Å². The fraction of sp³-hybridized carbons (Fsp3) is 0.571. The molecule has 0 aliphatic heterocycles. The van der Waals surface area contributed by atoms with E-state index >= 15 is 0 Å². The Morgan fingerprint density at radius 1 is 1.50 bits per heavy atom. The van der Waals surface area contributed by atoms with Crippen LogP contribution in [0, 0.1) is 5.82 Å². The lowest BCUT2D eigenvalue weighted by Gasteiger charge is -2.20. The molecule has 1 N–H and O–H groups in total. The van der Waals surface area contributed by atoms with Crippen molar-refractivity contribution in [1.82, 2.24) is 10.2 Å². The van der Waals surface area contributed by atoms with Crippen LogP contribution in [-0.2, 0) is 0 Å². The SMILES string of the molecule is CC(NCCN(C)C1CC1)c1ccc(F)cc1Br. The van der Waals surface area contributed by atoms with Gasteiger partial charge in [-0.05, 0) is 44.5 Å². The smallest absolute Gasteiger partial charge is 0.124 e. The van der Waals surface area contributed by atoms with Gasteiger partial charge < -0.3 is 10.2 Å². The number of nitrogens with zero attached hydrogens (tertiary/aromatic N) is 1. The van der Waals surface area contributed by atoms with E-state index in [1.165, 1.54) is 25.0 Å². The Hall–Kier alpha value is -0.450. The maximum Gasteiger partial charge on any atom is 0.124 e. The van der Waals surface area contributed by atoms with Crippen molar-refractivity contribution in [3.8, 4) is 0 Å². The van der Waals surface area contributed by atoms with Crippen molar-refractivity contribution in [2.24, 2.45) is 0 Å². The minimum Gasteiger partial charge on any atom is -0.309 e. The number of hydrogen-bond acceptors (Lipinski definition) is 2. The van der Waals surface area contributed by atoms with Crippen LogP contribution >= 0.6 is 15.9 Å². The zero-order chi connectivity index (χ0) is 13.1. The van der Waals surface area contributed by atoms with Crippen molar-refractivity contribution in [3.63, 3.8) is 0 Å². The number of benzene rings is 1. The zero-order valence-corrected chi connectivity index (χ0v) is 12.5. The molecular weight excluding hydrogens is 295 g/mol. The first kappa shape index (κ1) is 14.0. The second-order valence-electron chi connectivity index (χ2n) is 5.05. The summed E-state index contributed by atoms with van der Waals surface area (Å²) in [5.41, 5.74) is 1.10. The molecule has 18 heavy (non-hydrogen) atoms. The van der Waals surface area contributed by atoms with Crippen LogP contribution in [0.4, 0.5) is 4.39 Å². The van der Waals surface area contributed by atoms with Crippen LogP contribution in [0.5, 0.6) is 0 Å². The normalized spacial score (nSPS) is 17.2. The van der Waals surface area contributed by atoms with Gasteiger partial charge in [-0.3, -0.25) is 0 Å². The molecule has 0 aromatic heterocycles. The third kappa shape index (κ3) is 3.77. The average molecular weight is 315 g/mol. The highest BCUT2D eigenvalue weighted by Crippen LogP contribution is 2.25. The fourth-order valence-electron chi connectivity index (χ4n) is 2.12. The van der Waals surface area contributed by atoms with Crippen molar-refractivity contribution >= 4 is 15.9 Å². The molecule has 0 spiro atoms. The first-order valence-corrected chi connectivity index (χ1v) is 7.26. The third-order valence-corrected chi connectivity index (χ3v) is 4.20. The molecule has 1 atom stereocenters. The molecule has 0 bridgehead atoms. The highest BCUT2D eigenvalue weighted by Gasteiger charge is 2.25. The van der Waals surface area contributed by atoms with E-state index in [2.05, 4.69) is 40.1 Å². The second kappa shape index (κ2) is 6.13. The van der Waals surface area contributed by atoms with Gasteiger partial charge in [0.05, 0.1) is 0 Å². The molecule has 0 amide bonds. The summed E-state index contributed by atoms with van der Waals surface area (Å²) in [6, 6.07) is 5.90. The molecule has 2 nitrogen and oxygen atoms in total. The molecule has 0 radical (unpaired) electrons. The molecule has 1 unspecified atom stereocenters. The van der Waals surface area contributed by atoms with Gasteiger partial charge in [0.25, 0.3) is 0 Å². The van der Waals surface area contributed by atoms with Crippen LogP contribution in [0.2, 0.25) is 0 Å². The molecule has 1 fully saturated rings. The molecule has 1 aromatic rings. The second-order valence-corrected chi connectivity index (χ2v) is 5.91. The van der Waals surface area contributed by atoms with Crippen LogP contribution < -0.4 is 5.32 Å². The van der Waals surface area contributed by atoms with Gasteiger partial charge in [-0.2, -0.15) is 0 Å². The van der Waals surface area contributed by atoms with E-state index in [1.54, 1.807) is 0 Å². The van der Waals surface area contributed by atoms with Gasteiger partial charge in [0.2, 0.25) is 0 Å². The summed E-state index contributed by atoms with van der Waals surface area (Å²) in [6.45, 7) is 4.13. The molecule has 1 aliphatic carbocycles. The van der Waals surface area contributed by atoms with Gasteiger partial charge in [-0.15, -0.1) is 0 Å². The van der Waals surface area contributed by atoms with E-state index in [1.807, 2.05) is 6.07 Å². The van der Waals surface area contributed by atoms with Crippen LogP contribution in [0.25, 0.3) is 0 Å². The quantitative estimate of drug-likeness (QED) is 0.866. The molecule has 0 saturated heterocycles. The highest BCUT2D eigenvalue weighted by molar-refractivity contribution is 9.10. The Bertz CT molecular complexity index is 407. The molecular formula is C14H20BrFN2. The standard InChI is InChI=1S/C14H20BrFN2/c1-10(13-6-3-11(16)9-14(13)15)17-7-8-18(2)12-4-5-12/h3,6,9-10,12,17H,4-5,7-8H2,1-2H3. The predicted octanol–water partition coefficient (Wildman–Crippen LogP) is 3.33. The molecule has 100 valence electrons. The van der Waals surface area contributed by atoms with E-state index in [4.69, 9.17) is 0 Å². The lowest BCUT2D eigenvalue weighted by Crippen LogP contribution is -2.32. The van der Waals surface area contributed by atoms with Crippen LogP contribution in [-0.4, -0.2) is 31.1 Å². The molecule has 2 rings (SSSR count). The van der Waals surface area contributed by atoms with Crippen LogP contribution in [0.15, 0.2) is 22.7 Å². The van der Waals surface area contributed by atoms with E-state index in [0.29, 0.717) is 0 Å². The fourth-order valence-corrected chi connectivity index (χ4v) is 2.81. The van der Waals surface area contributed by atoms with E-state index in [0.717, 1.165) is 29.2 Å². The number of rotatable bonds is 6. The van der Waals surface area contributed by atoms with Crippen molar-refractivity contribution in [2.75, 3.05) is 20.1 Å². The summed E-state index contributed by atoms with van der Waals surface area (Å²) in [7, 11) is 2.18. The van der Waals surface area contributed by atoms with E-state index in [9.17, 15) is 4.39 Å². The Kier molecular flexibility index (Phi) is 4.76. The summed E-state index contributed by atoms with van der Waals surface area (Å²) < 4.78 is 13.8. The van der Waals surface area contributed by atoms with Crippen molar-refractivity contribution < 1.29 is 4.39 Å². The Morgan fingerprint density at radius 3 is 2.83 bits per heavy atom. The first-order chi connectivity index (χ1) is 8.58. The maximum absolute atomic E-state index is 13.0. The Morgan fingerprint density at radius 2 is 2.22 bits per heavy atom. The number of hydrogen-bond donors (Lipinski definition) is 1. The number of halogens is 2. The van der Waals surface area contributed by atoms with Gasteiger partial charge in [0.1, 0.15) is 5.82 Å². The molecule has 1 aromatic carbocycles. The van der Waals surface area contributed by atoms with Gasteiger partial charge in [-0.1, -0.05) is 22.0 Å². The summed E-state index contributed by atoms with van der Waals surface area (Å²) in [6.07, 6.45) is 2.69. The predicted molar refractivity (Wildman–Crippen MR) is 76.2 cm³/mol. The van der Waals surface area contributed by atoms with Crippen LogP contribution in [0.1, 0.15) is 31.4 Å². The molecule has 1 saturated carbocycles. The molecule has 0 heterocycles.